The lowest BCUT2D eigenvalue weighted by atomic mass is 10.2. The van der Waals surface area contributed by atoms with E-state index in [-0.39, 0.29) is 18.4 Å². The molecule has 5 nitrogen and oxygen atoms in total. The van der Waals surface area contributed by atoms with Crippen LogP contribution < -0.4 is 10.6 Å². The molecule has 1 amide bonds. The van der Waals surface area contributed by atoms with Gasteiger partial charge in [0, 0.05) is 18.1 Å². The topological polar surface area (TPSA) is 78.4 Å². The Hall–Kier alpha value is -1.01. The van der Waals surface area contributed by atoms with Crippen LogP contribution in [0.5, 0.6) is 0 Å². The van der Waals surface area contributed by atoms with Gasteiger partial charge in [-0.1, -0.05) is 6.08 Å². The Labute approximate surface area is 98.7 Å². The molecule has 6 heteroatoms. The summed E-state index contributed by atoms with van der Waals surface area (Å²) in [6.07, 6.45) is 1.73. The van der Waals surface area contributed by atoms with Crippen LogP contribution in [0.3, 0.4) is 0 Å². The molecule has 0 bridgehead atoms. The lowest BCUT2D eigenvalue weighted by molar-refractivity contribution is -0.141. The molecule has 2 atom stereocenters. The van der Waals surface area contributed by atoms with Gasteiger partial charge in [-0.25, -0.2) is 4.79 Å². The monoisotopic (exact) mass is 244 g/mol. The maximum absolute atomic E-state index is 11.7. The van der Waals surface area contributed by atoms with Crippen LogP contribution in [0.15, 0.2) is 12.7 Å². The van der Waals surface area contributed by atoms with Crippen LogP contribution in [0.2, 0.25) is 0 Å². The molecule has 3 N–H and O–H groups in total. The second kappa shape index (κ2) is 6.55. The molecule has 0 aliphatic carbocycles. The first-order valence-electron chi connectivity index (χ1n) is 5.10. The van der Waals surface area contributed by atoms with Gasteiger partial charge in [0.1, 0.15) is 6.04 Å². The third kappa shape index (κ3) is 3.86. The quantitative estimate of drug-likeness (QED) is 0.586. The predicted octanol–water partition coefficient (Wildman–Crippen LogP) is -0.163. The molecule has 0 saturated carbocycles. The molecule has 1 rings (SSSR count). The van der Waals surface area contributed by atoms with Crippen LogP contribution in [-0.4, -0.2) is 47.1 Å². The molecule has 1 heterocycles. The fourth-order valence-electron chi connectivity index (χ4n) is 1.39. The number of carbonyl (C=O) groups excluding carboxylic acids is 1. The molecule has 0 aromatic heterocycles. The van der Waals surface area contributed by atoms with Crippen molar-refractivity contribution in [3.63, 3.8) is 0 Å². The van der Waals surface area contributed by atoms with Crippen molar-refractivity contribution in [3.8, 4) is 0 Å². The van der Waals surface area contributed by atoms with E-state index in [0.29, 0.717) is 5.75 Å². The first-order valence-corrected chi connectivity index (χ1v) is 6.26. The molecule has 1 aliphatic rings. The summed E-state index contributed by atoms with van der Waals surface area (Å²) >= 11 is 1.69. The van der Waals surface area contributed by atoms with E-state index < -0.39 is 12.0 Å². The highest BCUT2D eigenvalue weighted by molar-refractivity contribution is 7.99. The normalized spacial score (nSPS) is 22.1. The summed E-state index contributed by atoms with van der Waals surface area (Å²) in [6.45, 7) is 4.25. The Morgan fingerprint density at radius 3 is 2.94 bits per heavy atom. The Morgan fingerprint density at radius 2 is 2.44 bits per heavy atom. The zero-order valence-electron chi connectivity index (χ0n) is 8.94. The molecular weight excluding hydrogens is 228 g/mol. The summed E-state index contributed by atoms with van der Waals surface area (Å²) in [7, 11) is 0. The molecule has 1 fully saturated rings. The molecule has 0 radical (unpaired) electrons. The minimum atomic E-state index is -1.03. The van der Waals surface area contributed by atoms with Gasteiger partial charge < -0.3 is 15.7 Å². The van der Waals surface area contributed by atoms with Crippen LogP contribution >= 0.6 is 11.8 Å². The van der Waals surface area contributed by atoms with E-state index >= 15 is 0 Å². The molecule has 0 aromatic rings. The molecule has 0 aromatic carbocycles. The zero-order chi connectivity index (χ0) is 12.0. The van der Waals surface area contributed by atoms with Crippen LogP contribution in [0.25, 0.3) is 0 Å². The molecule has 2 unspecified atom stereocenters. The number of carboxylic acid groups (broad SMARTS) is 1. The Morgan fingerprint density at radius 1 is 1.69 bits per heavy atom. The van der Waals surface area contributed by atoms with Crippen molar-refractivity contribution in [1.29, 1.82) is 0 Å². The van der Waals surface area contributed by atoms with Crippen molar-refractivity contribution >= 4 is 23.6 Å². The highest BCUT2D eigenvalue weighted by Gasteiger charge is 2.25. The number of nitrogens with one attached hydrogen (secondary N) is 2. The van der Waals surface area contributed by atoms with Gasteiger partial charge in [-0.2, -0.15) is 11.8 Å². The van der Waals surface area contributed by atoms with Gasteiger partial charge >= 0.3 is 5.97 Å². The van der Waals surface area contributed by atoms with Gasteiger partial charge in [-0.15, -0.1) is 6.58 Å². The molecular formula is C10H16N2O3S. The summed E-state index contributed by atoms with van der Waals surface area (Å²) in [6, 6.07) is -1.16. The number of carboxylic acids is 1. The Kier molecular flexibility index (Phi) is 5.34. The number of aliphatic carboxylic acids is 1. The highest BCUT2D eigenvalue weighted by Crippen LogP contribution is 2.08. The number of thioether (sulfide) groups is 1. The number of rotatable bonds is 5. The number of carbonyl (C=O) groups is 2. The van der Waals surface area contributed by atoms with E-state index in [1.807, 2.05) is 0 Å². The van der Waals surface area contributed by atoms with Crippen LogP contribution in [-0.2, 0) is 9.59 Å². The van der Waals surface area contributed by atoms with Crippen molar-refractivity contribution in [2.75, 3.05) is 18.1 Å². The fraction of sp³-hybridized carbons (Fsp3) is 0.600. The van der Waals surface area contributed by atoms with Crippen LogP contribution in [0.1, 0.15) is 6.42 Å². The van der Waals surface area contributed by atoms with Gasteiger partial charge in [0.15, 0.2) is 0 Å². The van der Waals surface area contributed by atoms with E-state index in [1.54, 1.807) is 11.8 Å². The van der Waals surface area contributed by atoms with Gasteiger partial charge in [-0.05, 0) is 6.42 Å². The average molecular weight is 244 g/mol. The first-order chi connectivity index (χ1) is 7.65. The third-order valence-corrected chi connectivity index (χ3v) is 3.32. The van der Waals surface area contributed by atoms with E-state index in [1.165, 1.54) is 6.08 Å². The van der Waals surface area contributed by atoms with Crippen molar-refractivity contribution in [2.24, 2.45) is 0 Å². The summed E-state index contributed by atoms with van der Waals surface area (Å²) < 4.78 is 0. The zero-order valence-corrected chi connectivity index (χ0v) is 9.76. The van der Waals surface area contributed by atoms with E-state index in [0.717, 1.165) is 12.3 Å². The summed E-state index contributed by atoms with van der Waals surface area (Å²) in [5.74, 6) is 0.392. The fourth-order valence-corrected chi connectivity index (χ4v) is 2.33. The Balaban J connectivity index is 2.46. The van der Waals surface area contributed by atoms with Gasteiger partial charge in [0.2, 0.25) is 5.91 Å². The van der Waals surface area contributed by atoms with Crippen molar-refractivity contribution in [2.45, 2.75) is 18.5 Å². The first kappa shape index (κ1) is 13.1. The smallest absolute Gasteiger partial charge is 0.326 e. The van der Waals surface area contributed by atoms with Crippen LogP contribution in [0, 0.1) is 0 Å². The lowest BCUT2D eigenvalue weighted by Crippen LogP contribution is -2.53. The third-order valence-electron chi connectivity index (χ3n) is 2.26. The van der Waals surface area contributed by atoms with Crippen molar-refractivity contribution in [1.82, 2.24) is 10.6 Å². The maximum atomic E-state index is 11.7. The van der Waals surface area contributed by atoms with Crippen LogP contribution in [0.4, 0.5) is 0 Å². The summed E-state index contributed by atoms with van der Waals surface area (Å²) in [4.78, 5) is 22.5. The lowest BCUT2D eigenvalue weighted by Gasteiger charge is -2.23. The van der Waals surface area contributed by atoms with E-state index in [2.05, 4.69) is 17.2 Å². The number of hydrogen-bond donors (Lipinski definition) is 3. The van der Waals surface area contributed by atoms with Gasteiger partial charge in [-0.3, -0.25) is 4.79 Å². The van der Waals surface area contributed by atoms with Gasteiger partial charge in [0.25, 0.3) is 0 Å². The largest absolute Gasteiger partial charge is 0.480 e. The minimum absolute atomic E-state index is 0.237. The average Bonchev–Trinajstić information content (AvgIpc) is 2.29. The van der Waals surface area contributed by atoms with Gasteiger partial charge in [0.05, 0.1) is 6.04 Å². The second-order valence-electron chi connectivity index (χ2n) is 3.51. The van der Waals surface area contributed by atoms with E-state index in [4.69, 9.17) is 5.11 Å². The predicted molar refractivity (Wildman–Crippen MR) is 63.5 cm³/mol. The minimum Gasteiger partial charge on any atom is -0.480 e. The number of amides is 1. The molecule has 16 heavy (non-hydrogen) atoms. The van der Waals surface area contributed by atoms with Crippen molar-refractivity contribution < 1.29 is 14.7 Å². The second-order valence-corrected chi connectivity index (χ2v) is 4.66. The maximum Gasteiger partial charge on any atom is 0.326 e. The van der Waals surface area contributed by atoms with Crippen molar-refractivity contribution in [3.05, 3.63) is 12.7 Å². The summed E-state index contributed by atoms with van der Waals surface area (Å²) in [5, 5.41) is 14.4. The SMILES string of the molecule is C=CCC(NC(=O)C1CSCCN1)C(=O)O. The molecule has 90 valence electrons. The standard InChI is InChI=1S/C10H16N2O3S/c1-2-3-7(10(14)15)12-9(13)8-6-16-5-4-11-8/h2,7-8,11H,1,3-6H2,(H,12,13)(H,14,15). The Bertz CT molecular complexity index is 277. The molecule has 1 saturated heterocycles. The summed E-state index contributed by atoms with van der Waals surface area (Å²) in [5.41, 5.74) is 0. The molecule has 1 aliphatic heterocycles. The highest BCUT2D eigenvalue weighted by atomic mass is 32.2. The molecule has 0 spiro atoms. The number of hydrogen-bond acceptors (Lipinski definition) is 4. The van der Waals surface area contributed by atoms with E-state index in [9.17, 15) is 9.59 Å².